The van der Waals surface area contributed by atoms with Crippen LogP contribution in [0.1, 0.15) is 19.8 Å². The van der Waals surface area contributed by atoms with Crippen molar-refractivity contribution in [3.8, 4) is 0 Å². The lowest BCUT2D eigenvalue weighted by molar-refractivity contribution is -0.137. The van der Waals surface area contributed by atoms with Gasteiger partial charge in [-0.05, 0) is 20.5 Å². The zero-order chi connectivity index (χ0) is 14.6. The summed E-state index contributed by atoms with van der Waals surface area (Å²) in [5.41, 5.74) is 0. The molecule has 0 radical (unpaired) electrons. The van der Waals surface area contributed by atoms with Gasteiger partial charge in [-0.3, -0.25) is 4.55 Å². The van der Waals surface area contributed by atoms with E-state index < -0.39 is 10.1 Å². The third-order valence-corrected chi connectivity index (χ3v) is 2.51. The number of carbonyl (C=O) groups is 1. The van der Waals surface area contributed by atoms with E-state index in [9.17, 15) is 13.2 Å². The maximum atomic E-state index is 10.4. The summed E-state index contributed by atoms with van der Waals surface area (Å²) in [7, 11) is 0.151. The van der Waals surface area contributed by atoms with Crippen LogP contribution in [-0.4, -0.2) is 56.8 Å². The van der Waals surface area contributed by atoms with Crippen LogP contribution < -0.4 is 0 Å². The highest BCUT2D eigenvalue weighted by molar-refractivity contribution is 7.85. The quantitative estimate of drug-likeness (QED) is 0.425. The number of likely N-dealkylation sites (N-methyl/N-ethyl adjacent to an activating group) is 1. The van der Waals surface area contributed by atoms with Crippen LogP contribution in [0.25, 0.3) is 0 Å². The summed E-state index contributed by atoms with van der Waals surface area (Å²) in [4.78, 5) is 12.4. The van der Waals surface area contributed by atoms with Crippen LogP contribution in [0, 0.1) is 0 Å². The normalized spacial score (nSPS) is 10.5. The molecule has 18 heavy (non-hydrogen) atoms. The molecule has 0 spiro atoms. The molecule has 0 aromatic rings. The van der Waals surface area contributed by atoms with Gasteiger partial charge in [0.1, 0.15) is 6.61 Å². The summed E-state index contributed by atoms with van der Waals surface area (Å²) in [6.45, 7) is 6.31. The van der Waals surface area contributed by atoms with Gasteiger partial charge in [0, 0.05) is 12.6 Å². The van der Waals surface area contributed by atoms with Gasteiger partial charge in [-0.25, -0.2) is 4.79 Å². The molecule has 6 nitrogen and oxygen atoms in total. The molecule has 0 aromatic carbocycles. The summed E-state index contributed by atoms with van der Waals surface area (Å²) in [6.07, 6.45) is 2.49. The van der Waals surface area contributed by atoms with Gasteiger partial charge in [0.05, 0.1) is 5.75 Å². The minimum atomic E-state index is -3.69. The van der Waals surface area contributed by atoms with Crippen LogP contribution in [0.2, 0.25) is 0 Å². The lowest BCUT2D eigenvalue weighted by atomic mass is 10.4. The Balaban J connectivity index is 0. The Labute approximate surface area is 109 Å². The molecular weight excluding hydrogens is 258 g/mol. The number of hydrogen-bond acceptors (Lipinski definition) is 5. The molecule has 0 fully saturated rings. The number of hydrogen-bond donors (Lipinski definition) is 1. The predicted molar refractivity (Wildman–Crippen MR) is 71.0 cm³/mol. The molecule has 1 N–H and O–H groups in total. The van der Waals surface area contributed by atoms with Gasteiger partial charge in [0.25, 0.3) is 10.1 Å². The fourth-order valence-electron chi connectivity index (χ4n) is 0.714. The fourth-order valence-corrected chi connectivity index (χ4v) is 1.37. The maximum Gasteiger partial charge on any atom is 0.330 e. The van der Waals surface area contributed by atoms with Crippen LogP contribution >= 0.6 is 0 Å². The average molecular weight is 281 g/mol. The van der Waals surface area contributed by atoms with Gasteiger partial charge in [-0.15, -0.1) is 0 Å². The molecule has 0 unspecified atom stereocenters. The molecule has 0 aliphatic carbocycles. The van der Waals surface area contributed by atoms with Crippen molar-refractivity contribution in [3.63, 3.8) is 0 Å². The van der Waals surface area contributed by atoms with Crippen molar-refractivity contribution in [1.29, 1.82) is 0 Å². The topological polar surface area (TPSA) is 83.9 Å². The molecule has 0 aliphatic heterocycles. The van der Waals surface area contributed by atoms with Gasteiger partial charge < -0.3 is 9.64 Å². The first kappa shape index (κ1) is 19.4. The first-order valence-electron chi connectivity index (χ1n) is 5.62. The molecule has 0 amide bonds. The predicted octanol–water partition coefficient (Wildman–Crippen LogP) is 0.952. The van der Waals surface area contributed by atoms with Gasteiger partial charge in [0.2, 0.25) is 0 Å². The molecule has 0 aromatic heterocycles. The molecule has 0 rings (SSSR count). The fraction of sp³-hybridized carbons (Fsp3) is 0.727. The Kier molecular flexibility index (Phi) is 12.1. The molecular formula is C11H23NO5S. The maximum absolute atomic E-state index is 10.4. The third kappa shape index (κ3) is 20.5. The first-order valence-corrected chi connectivity index (χ1v) is 7.23. The summed E-state index contributed by atoms with van der Waals surface area (Å²) < 4.78 is 32.7. The molecule has 0 saturated carbocycles. The second-order valence-corrected chi connectivity index (χ2v) is 5.39. The lowest BCUT2D eigenvalue weighted by Gasteiger charge is -2.07. The van der Waals surface area contributed by atoms with E-state index in [2.05, 4.69) is 6.58 Å². The van der Waals surface area contributed by atoms with Crippen molar-refractivity contribution in [2.24, 2.45) is 0 Å². The zero-order valence-electron chi connectivity index (χ0n) is 11.3. The Bertz CT molecular complexity index is 324. The van der Waals surface area contributed by atoms with Gasteiger partial charge >= 0.3 is 5.97 Å². The Hall–Kier alpha value is -0.920. The smallest absolute Gasteiger partial charge is 0.330 e. The van der Waals surface area contributed by atoms with E-state index in [1.807, 2.05) is 25.9 Å². The van der Waals surface area contributed by atoms with E-state index >= 15 is 0 Å². The molecule has 0 bridgehead atoms. The number of rotatable bonds is 7. The van der Waals surface area contributed by atoms with E-state index in [-0.39, 0.29) is 11.7 Å². The number of unbranched alkanes of at least 4 members (excludes halogenated alkanes) is 1. The van der Waals surface area contributed by atoms with Gasteiger partial charge in [-0.1, -0.05) is 19.9 Å². The highest BCUT2D eigenvalue weighted by Crippen LogP contribution is 1.90. The molecule has 108 valence electrons. The molecule has 0 saturated heterocycles. The van der Waals surface area contributed by atoms with Gasteiger partial charge in [0.15, 0.2) is 0 Å². The van der Waals surface area contributed by atoms with Crippen LogP contribution in [-0.2, 0) is 19.6 Å². The highest BCUT2D eigenvalue weighted by Gasteiger charge is 2.00. The minimum Gasteiger partial charge on any atom is -0.461 e. The Morgan fingerprint density at radius 3 is 2.28 bits per heavy atom. The lowest BCUT2D eigenvalue weighted by Crippen LogP contribution is -2.19. The van der Waals surface area contributed by atoms with E-state index in [1.165, 1.54) is 0 Å². The van der Waals surface area contributed by atoms with E-state index in [0.29, 0.717) is 13.0 Å². The summed E-state index contributed by atoms with van der Waals surface area (Å²) >= 11 is 0. The van der Waals surface area contributed by atoms with Crippen LogP contribution in [0.3, 0.4) is 0 Å². The molecule has 0 aliphatic rings. The van der Waals surface area contributed by atoms with Crippen molar-refractivity contribution in [2.45, 2.75) is 19.8 Å². The van der Waals surface area contributed by atoms with E-state index in [1.54, 1.807) is 0 Å². The zero-order valence-corrected chi connectivity index (χ0v) is 12.1. The Morgan fingerprint density at radius 2 is 2.00 bits per heavy atom. The third-order valence-electron chi connectivity index (χ3n) is 1.71. The number of nitrogens with zero attached hydrogens (tertiary/aromatic N) is 1. The number of carbonyl (C=O) groups excluding carboxylic acids is 1. The van der Waals surface area contributed by atoms with Crippen molar-refractivity contribution >= 4 is 16.1 Å². The largest absolute Gasteiger partial charge is 0.461 e. The first-order chi connectivity index (χ1) is 8.22. The summed E-state index contributed by atoms with van der Waals surface area (Å²) in [6, 6.07) is 0. The average Bonchev–Trinajstić information content (AvgIpc) is 2.25. The van der Waals surface area contributed by atoms with Crippen molar-refractivity contribution in [1.82, 2.24) is 4.90 Å². The SMILES string of the molecule is C=CC(=O)OCCN(C)C.CCCCS(=O)(=O)O. The Morgan fingerprint density at radius 1 is 1.44 bits per heavy atom. The minimum absolute atomic E-state index is 0.108. The summed E-state index contributed by atoms with van der Waals surface area (Å²) in [5, 5.41) is 0. The van der Waals surface area contributed by atoms with Crippen molar-refractivity contribution < 1.29 is 22.5 Å². The van der Waals surface area contributed by atoms with Crippen LogP contribution in [0.4, 0.5) is 0 Å². The molecule has 0 atom stereocenters. The monoisotopic (exact) mass is 281 g/mol. The van der Waals surface area contributed by atoms with E-state index in [4.69, 9.17) is 9.29 Å². The standard InChI is InChI=1S/C7H13NO2.C4H10O3S/c1-4-7(9)10-6-5-8(2)3;1-2-3-4-8(5,6)7/h4H,1,5-6H2,2-3H3;2-4H2,1H3,(H,5,6,7). The second-order valence-electron chi connectivity index (χ2n) is 3.81. The number of ether oxygens (including phenoxy) is 1. The van der Waals surface area contributed by atoms with Crippen molar-refractivity contribution in [2.75, 3.05) is 33.0 Å². The van der Waals surface area contributed by atoms with Crippen molar-refractivity contribution in [3.05, 3.63) is 12.7 Å². The highest BCUT2D eigenvalue weighted by atomic mass is 32.2. The van der Waals surface area contributed by atoms with Gasteiger partial charge in [-0.2, -0.15) is 8.42 Å². The van der Waals surface area contributed by atoms with Crippen LogP contribution in [0.15, 0.2) is 12.7 Å². The molecule has 7 heteroatoms. The second kappa shape index (κ2) is 11.2. The molecule has 0 heterocycles. The van der Waals surface area contributed by atoms with E-state index in [0.717, 1.165) is 19.0 Å². The summed E-state index contributed by atoms with van der Waals surface area (Å²) in [5.74, 6) is -0.467. The number of esters is 1. The van der Waals surface area contributed by atoms with Crippen LogP contribution in [0.5, 0.6) is 0 Å².